The van der Waals surface area contributed by atoms with E-state index < -0.39 is 0 Å². The molecule has 5 nitrogen and oxygen atoms in total. The van der Waals surface area contributed by atoms with Crippen LogP contribution < -0.4 is 9.47 Å². The molecule has 1 heterocycles. The molecular weight excluding hydrogens is 324 g/mol. The Morgan fingerprint density at radius 1 is 1.29 bits per heavy atom. The Kier molecular flexibility index (Phi) is 5.66. The summed E-state index contributed by atoms with van der Waals surface area (Å²) in [7, 11) is 3.25. The molecule has 0 atom stereocenters. The van der Waals surface area contributed by atoms with Crippen LogP contribution in [0.15, 0.2) is 23.2 Å². The zero-order valence-electron chi connectivity index (χ0n) is 14.3. The molecule has 0 unspecified atom stereocenters. The van der Waals surface area contributed by atoms with Crippen molar-refractivity contribution in [2.45, 2.75) is 32.1 Å². The summed E-state index contributed by atoms with van der Waals surface area (Å²) in [6.07, 6.45) is 5.53. The van der Waals surface area contributed by atoms with Gasteiger partial charge in [0.2, 0.25) is 5.91 Å². The molecule has 0 spiro atoms. The van der Waals surface area contributed by atoms with E-state index in [2.05, 4.69) is 0 Å². The Labute approximate surface area is 147 Å². The highest BCUT2D eigenvalue weighted by Crippen LogP contribution is 2.34. The second-order valence-electron chi connectivity index (χ2n) is 6.18. The number of hydrogen-bond acceptors (Lipinski definition) is 5. The summed E-state index contributed by atoms with van der Waals surface area (Å²) >= 11 is 1.62. The van der Waals surface area contributed by atoms with Gasteiger partial charge in [0.15, 0.2) is 5.17 Å². The monoisotopic (exact) mass is 348 g/mol. The highest BCUT2D eigenvalue weighted by atomic mass is 32.2. The van der Waals surface area contributed by atoms with Crippen molar-refractivity contribution >= 4 is 28.5 Å². The molecule has 24 heavy (non-hydrogen) atoms. The highest BCUT2D eigenvalue weighted by Gasteiger charge is 2.29. The van der Waals surface area contributed by atoms with Crippen LogP contribution in [0.2, 0.25) is 0 Å². The van der Waals surface area contributed by atoms with Gasteiger partial charge in [0.25, 0.3) is 0 Å². The van der Waals surface area contributed by atoms with E-state index in [-0.39, 0.29) is 5.91 Å². The normalized spacial score (nSPS) is 19.9. The smallest absolute Gasteiger partial charge is 0.228 e. The van der Waals surface area contributed by atoms with Crippen LogP contribution in [0.4, 0.5) is 5.69 Å². The second-order valence-corrected chi connectivity index (χ2v) is 7.24. The first-order valence-corrected chi connectivity index (χ1v) is 9.43. The fraction of sp³-hybridized carbons (Fsp3) is 0.556. The minimum absolute atomic E-state index is 0.201. The number of thioether (sulfide) groups is 1. The number of amidine groups is 1. The lowest BCUT2D eigenvalue weighted by Gasteiger charge is -2.18. The maximum atomic E-state index is 12.7. The van der Waals surface area contributed by atoms with E-state index in [0.29, 0.717) is 23.8 Å². The maximum absolute atomic E-state index is 12.7. The third kappa shape index (κ3) is 3.86. The van der Waals surface area contributed by atoms with E-state index in [4.69, 9.17) is 14.5 Å². The molecule has 3 rings (SSSR count). The van der Waals surface area contributed by atoms with Gasteiger partial charge in [0.05, 0.1) is 14.2 Å². The largest absolute Gasteiger partial charge is 0.497 e. The quantitative estimate of drug-likeness (QED) is 0.811. The number of hydrogen-bond donors (Lipinski definition) is 0. The van der Waals surface area contributed by atoms with Gasteiger partial charge >= 0.3 is 0 Å². The summed E-state index contributed by atoms with van der Waals surface area (Å²) in [4.78, 5) is 19.2. The molecular formula is C18H24N2O3S. The molecule has 1 aromatic rings. The molecule has 1 aliphatic heterocycles. The van der Waals surface area contributed by atoms with Crippen molar-refractivity contribution in [3.05, 3.63) is 18.2 Å². The number of methoxy groups -OCH3 is 2. The predicted octanol–water partition coefficient (Wildman–Crippen LogP) is 3.85. The molecule has 1 aromatic carbocycles. The number of nitrogens with zero attached hydrogens (tertiary/aromatic N) is 2. The van der Waals surface area contributed by atoms with Gasteiger partial charge in [0.1, 0.15) is 17.2 Å². The highest BCUT2D eigenvalue weighted by molar-refractivity contribution is 8.14. The number of rotatable bonds is 5. The summed E-state index contributed by atoms with van der Waals surface area (Å²) in [5, 5.41) is 0.768. The average Bonchev–Trinajstić information content (AvgIpc) is 3.26. The van der Waals surface area contributed by atoms with Crippen LogP contribution in [0.1, 0.15) is 32.1 Å². The van der Waals surface area contributed by atoms with Crippen LogP contribution in [0.5, 0.6) is 11.5 Å². The second kappa shape index (κ2) is 7.92. The van der Waals surface area contributed by atoms with Crippen molar-refractivity contribution in [2.75, 3.05) is 26.5 Å². The van der Waals surface area contributed by atoms with Gasteiger partial charge in [-0.25, -0.2) is 4.99 Å². The van der Waals surface area contributed by atoms with Crippen molar-refractivity contribution in [1.29, 1.82) is 0 Å². The number of carbonyl (C=O) groups excluding carboxylic acids is 1. The molecule has 0 bridgehead atoms. The van der Waals surface area contributed by atoms with E-state index in [9.17, 15) is 4.79 Å². The van der Waals surface area contributed by atoms with Gasteiger partial charge in [-0.05, 0) is 30.9 Å². The molecule has 2 fully saturated rings. The van der Waals surface area contributed by atoms with Gasteiger partial charge < -0.3 is 9.47 Å². The van der Waals surface area contributed by atoms with Crippen molar-refractivity contribution < 1.29 is 14.3 Å². The van der Waals surface area contributed by atoms with Crippen LogP contribution >= 0.6 is 11.8 Å². The van der Waals surface area contributed by atoms with E-state index in [1.807, 2.05) is 23.1 Å². The first-order chi connectivity index (χ1) is 11.7. The van der Waals surface area contributed by atoms with Gasteiger partial charge in [-0.2, -0.15) is 0 Å². The van der Waals surface area contributed by atoms with E-state index in [0.717, 1.165) is 23.2 Å². The molecule has 1 amide bonds. The third-order valence-corrected chi connectivity index (χ3v) is 5.57. The van der Waals surface area contributed by atoms with Gasteiger partial charge in [0, 0.05) is 24.8 Å². The molecule has 1 aliphatic carbocycles. The summed E-state index contributed by atoms with van der Waals surface area (Å²) < 4.78 is 10.7. The van der Waals surface area contributed by atoms with E-state index >= 15 is 0 Å². The Morgan fingerprint density at radius 3 is 2.79 bits per heavy atom. The van der Waals surface area contributed by atoms with Crippen molar-refractivity contribution in [3.63, 3.8) is 0 Å². The summed E-state index contributed by atoms with van der Waals surface area (Å²) in [5.74, 6) is 3.05. The van der Waals surface area contributed by atoms with Gasteiger partial charge in [-0.3, -0.25) is 9.69 Å². The first kappa shape index (κ1) is 17.1. The van der Waals surface area contributed by atoms with Crippen LogP contribution in [0.3, 0.4) is 0 Å². The average molecular weight is 348 g/mol. The molecule has 1 saturated heterocycles. The fourth-order valence-electron chi connectivity index (χ4n) is 3.28. The molecule has 130 valence electrons. The van der Waals surface area contributed by atoms with E-state index in [1.165, 1.54) is 25.7 Å². The zero-order valence-corrected chi connectivity index (χ0v) is 15.1. The maximum Gasteiger partial charge on any atom is 0.228 e. The molecule has 1 saturated carbocycles. The lowest BCUT2D eigenvalue weighted by atomic mass is 10.0. The van der Waals surface area contributed by atoms with Crippen LogP contribution in [-0.2, 0) is 4.79 Å². The van der Waals surface area contributed by atoms with Crippen LogP contribution in [0.25, 0.3) is 0 Å². The summed E-state index contributed by atoms with van der Waals surface area (Å²) in [6, 6.07) is 5.51. The Bertz CT molecular complexity index is 627. The minimum atomic E-state index is 0.201. The van der Waals surface area contributed by atoms with Crippen LogP contribution in [0, 0.1) is 5.92 Å². The van der Waals surface area contributed by atoms with Crippen molar-refractivity contribution in [1.82, 2.24) is 4.90 Å². The topological polar surface area (TPSA) is 51.1 Å². The predicted molar refractivity (Wildman–Crippen MR) is 97.4 cm³/mol. The zero-order chi connectivity index (χ0) is 16.9. The van der Waals surface area contributed by atoms with Gasteiger partial charge in [-0.1, -0.05) is 24.6 Å². The number of aliphatic imine (C=N–C) groups is 1. The Hall–Kier alpha value is -1.69. The summed E-state index contributed by atoms with van der Waals surface area (Å²) in [5.41, 5.74) is 0.694. The Balaban J connectivity index is 1.79. The molecule has 0 aromatic heterocycles. The molecule has 0 radical (unpaired) electrons. The Morgan fingerprint density at radius 2 is 2.08 bits per heavy atom. The number of benzene rings is 1. The fourth-order valence-corrected chi connectivity index (χ4v) is 4.25. The summed E-state index contributed by atoms with van der Waals surface area (Å²) in [6.45, 7) is 0.737. The standard InChI is InChI=1S/C18H24N2O3S/c1-22-14-7-8-16(23-2)15(12-14)19-18-20(9-10-24-18)17(21)11-13-5-3-4-6-13/h7-8,12-13H,3-6,9-11H2,1-2H3. The van der Waals surface area contributed by atoms with Crippen molar-refractivity contribution in [3.8, 4) is 11.5 Å². The van der Waals surface area contributed by atoms with Crippen molar-refractivity contribution in [2.24, 2.45) is 10.9 Å². The first-order valence-electron chi connectivity index (χ1n) is 8.45. The minimum Gasteiger partial charge on any atom is -0.497 e. The lowest BCUT2D eigenvalue weighted by Crippen LogP contribution is -2.32. The van der Waals surface area contributed by atoms with Crippen LogP contribution in [-0.4, -0.2) is 42.5 Å². The van der Waals surface area contributed by atoms with E-state index in [1.54, 1.807) is 26.0 Å². The number of carbonyl (C=O) groups is 1. The number of ether oxygens (including phenoxy) is 2. The number of amides is 1. The molecule has 2 aliphatic rings. The molecule has 0 N–H and O–H groups in total. The lowest BCUT2D eigenvalue weighted by molar-refractivity contribution is -0.127. The molecule has 6 heteroatoms. The third-order valence-electron chi connectivity index (χ3n) is 4.62. The SMILES string of the molecule is COc1ccc(OC)c(N=C2SCCN2C(=O)CC2CCCC2)c1. The van der Waals surface area contributed by atoms with Gasteiger partial charge in [-0.15, -0.1) is 0 Å².